The number of amides is 3. The molecule has 0 aromatic heterocycles. The number of rotatable bonds is 5. The molecular formula is C12H21N4O7S+. The Kier molecular flexibility index (Phi) is 4.30. The van der Waals surface area contributed by atoms with Crippen LogP contribution < -0.4 is 11.5 Å². The van der Waals surface area contributed by atoms with Crippen LogP contribution in [0.4, 0.5) is 4.79 Å². The van der Waals surface area contributed by atoms with Crippen LogP contribution in [0.25, 0.3) is 0 Å². The second-order valence-corrected chi connectivity index (χ2v) is 7.54. The maximum Gasteiger partial charge on any atom is 0.477 e. The third-order valence-electron chi connectivity index (χ3n) is 4.87. The maximum absolute atomic E-state index is 12.8. The zero-order valence-electron chi connectivity index (χ0n) is 12.9. The standard InChI is InChI=1S/C12H20N4O7S/c13-7-1-3-9(5-7)22-16-6-8(2-4-10(16)11(14)17)15(12(16)18)23-24(19,20)21/h7-10H,1-6,13H2,(H2-,14,17,19,20,21)/p+1/t7?,8-,9?,10+,16?/m1/s1. The first-order chi connectivity index (χ1) is 11.1. The first kappa shape index (κ1) is 17.5. The van der Waals surface area contributed by atoms with E-state index in [9.17, 15) is 18.0 Å². The molecule has 3 rings (SSSR count). The van der Waals surface area contributed by atoms with Crippen molar-refractivity contribution in [3.8, 4) is 0 Å². The van der Waals surface area contributed by atoms with E-state index in [2.05, 4.69) is 4.28 Å². The SMILES string of the molecule is NC(=O)[C@@H]1CC[C@@H]2C[N+]1(OC1CCC(N)C1)C(=O)N2OS(=O)(=O)O. The second-order valence-electron chi connectivity index (χ2n) is 6.54. The van der Waals surface area contributed by atoms with Crippen molar-refractivity contribution in [1.29, 1.82) is 0 Å². The Bertz CT molecular complexity index is 656. The molecule has 3 unspecified atom stereocenters. The van der Waals surface area contributed by atoms with Gasteiger partial charge in [0, 0.05) is 12.5 Å². The van der Waals surface area contributed by atoms with Crippen molar-refractivity contribution in [2.45, 2.75) is 56.3 Å². The summed E-state index contributed by atoms with van der Waals surface area (Å²) >= 11 is 0. The summed E-state index contributed by atoms with van der Waals surface area (Å²) in [6, 6.07) is -2.49. The van der Waals surface area contributed by atoms with Crippen molar-refractivity contribution in [1.82, 2.24) is 5.06 Å². The second kappa shape index (κ2) is 5.89. The van der Waals surface area contributed by atoms with E-state index in [4.69, 9.17) is 20.9 Å². The van der Waals surface area contributed by atoms with Gasteiger partial charge in [-0.3, -0.25) is 9.35 Å². The fourth-order valence-electron chi connectivity index (χ4n) is 3.85. The fraction of sp³-hybridized carbons (Fsp3) is 0.833. The largest absolute Gasteiger partial charge is 0.477 e. The quantitative estimate of drug-likeness (QED) is 0.404. The van der Waals surface area contributed by atoms with Crippen LogP contribution in [-0.4, -0.2) is 65.4 Å². The molecule has 0 radical (unpaired) electrons. The number of carbonyl (C=O) groups excluding carboxylic acids is 2. The number of hydrogen-bond acceptors (Lipinski definition) is 7. The van der Waals surface area contributed by atoms with Crippen molar-refractivity contribution in [3.63, 3.8) is 0 Å². The predicted octanol–water partition coefficient (Wildman–Crippen LogP) is -1.20. The molecule has 1 aliphatic carbocycles. The van der Waals surface area contributed by atoms with Crippen LogP contribution in [0, 0.1) is 0 Å². The summed E-state index contributed by atoms with van der Waals surface area (Å²) in [7, 11) is -4.88. The van der Waals surface area contributed by atoms with Crippen LogP contribution in [0.2, 0.25) is 0 Å². The number of hydrogen-bond donors (Lipinski definition) is 3. The number of nitrogens with two attached hydrogens (primary N) is 2. The van der Waals surface area contributed by atoms with Gasteiger partial charge in [0.1, 0.15) is 18.7 Å². The highest BCUT2D eigenvalue weighted by Crippen LogP contribution is 2.40. The van der Waals surface area contributed by atoms with Crippen LogP contribution >= 0.6 is 0 Å². The van der Waals surface area contributed by atoms with Gasteiger partial charge in [-0.2, -0.15) is 13.3 Å². The Morgan fingerprint density at radius 3 is 2.54 bits per heavy atom. The molecule has 12 heteroatoms. The highest BCUT2D eigenvalue weighted by atomic mass is 32.3. The molecule has 2 aliphatic heterocycles. The first-order valence-corrected chi connectivity index (χ1v) is 9.11. The van der Waals surface area contributed by atoms with Crippen LogP contribution in [0.1, 0.15) is 32.1 Å². The number of nitrogens with zero attached hydrogens (tertiary/aromatic N) is 2. The number of hydroxylamine groups is 5. The zero-order valence-corrected chi connectivity index (χ0v) is 13.7. The smallest absolute Gasteiger partial charge is 0.364 e. The van der Waals surface area contributed by atoms with Crippen LogP contribution in [-0.2, 0) is 24.3 Å². The Labute approximate surface area is 138 Å². The van der Waals surface area contributed by atoms with Crippen LogP contribution in [0.5, 0.6) is 0 Å². The monoisotopic (exact) mass is 365 g/mol. The molecule has 2 saturated heterocycles. The highest BCUT2D eigenvalue weighted by molar-refractivity contribution is 7.80. The number of piperidine rings is 1. The summed E-state index contributed by atoms with van der Waals surface area (Å²) in [5.74, 6) is -0.710. The lowest BCUT2D eigenvalue weighted by Gasteiger charge is -2.37. The summed E-state index contributed by atoms with van der Waals surface area (Å²) < 4.78 is 34.6. The Balaban J connectivity index is 1.91. The normalized spacial score (nSPS) is 39.4. The maximum atomic E-state index is 12.8. The molecule has 3 amide bonds. The lowest BCUT2D eigenvalue weighted by Crippen LogP contribution is -2.64. The molecule has 2 heterocycles. The minimum Gasteiger partial charge on any atom is -0.364 e. The molecule has 5 N–H and O–H groups in total. The predicted molar refractivity (Wildman–Crippen MR) is 77.7 cm³/mol. The average molecular weight is 365 g/mol. The summed E-state index contributed by atoms with van der Waals surface area (Å²) in [6.45, 7) is 0.0215. The molecule has 2 bridgehead atoms. The topological polar surface area (TPSA) is 162 Å². The van der Waals surface area contributed by atoms with E-state index in [1.165, 1.54) is 0 Å². The molecule has 0 spiro atoms. The average Bonchev–Trinajstić information content (AvgIpc) is 2.94. The van der Waals surface area contributed by atoms with Gasteiger partial charge in [0.25, 0.3) is 5.91 Å². The summed E-state index contributed by atoms with van der Waals surface area (Å²) in [6.07, 6.45) is 2.11. The minimum absolute atomic E-state index is 0.0215. The first-order valence-electron chi connectivity index (χ1n) is 7.74. The lowest BCUT2D eigenvalue weighted by atomic mass is 10.00. The van der Waals surface area contributed by atoms with Gasteiger partial charge < -0.3 is 11.5 Å². The summed E-state index contributed by atoms with van der Waals surface area (Å²) in [4.78, 5) is 30.6. The molecule has 5 atom stereocenters. The van der Waals surface area contributed by atoms with Gasteiger partial charge in [0.05, 0.1) is 0 Å². The number of urea groups is 1. The molecule has 1 saturated carbocycles. The number of carbonyl (C=O) groups is 2. The van der Waals surface area contributed by atoms with Crippen LogP contribution in [0.15, 0.2) is 0 Å². The van der Waals surface area contributed by atoms with E-state index in [1.54, 1.807) is 0 Å². The van der Waals surface area contributed by atoms with Gasteiger partial charge >= 0.3 is 16.4 Å². The third kappa shape index (κ3) is 3.00. The zero-order chi connectivity index (χ0) is 17.7. The third-order valence-corrected chi connectivity index (χ3v) is 5.22. The van der Waals surface area contributed by atoms with Gasteiger partial charge in [-0.05, 0) is 25.7 Å². The fourth-order valence-corrected chi connectivity index (χ4v) is 4.24. The molecule has 11 nitrogen and oxygen atoms in total. The van der Waals surface area contributed by atoms with Gasteiger partial charge in [-0.1, -0.05) is 4.65 Å². The van der Waals surface area contributed by atoms with E-state index in [1.807, 2.05) is 0 Å². The Morgan fingerprint density at radius 2 is 2.00 bits per heavy atom. The Hall–Kier alpha value is -1.31. The van der Waals surface area contributed by atoms with E-state index < -0.39 is 39.1 Å². The molecule has 3 aliphatic rings. The number of primary amides is 1. The van der Waals surface area contributed by atoms with Crippen molar-refractivity contribution in [3.05, 3.63) is 0 Å². The van der Waals surface area contributed by atoms with Gasteiger partial charge in [0.2, 0.25) is 6.04 Å². The molecule has 24 heavy (non-hydrogen) atoms. The summed E-state index contributed by atoms with van der Waals surface area (Å²) in [5, 5.41) is 0.577. The van der Waals surface area contributed by atoms with Crippen molar-refractivity contribution < 1.29 is 36.3 Å². The molecule has 3 fully saturated rings. The van der Waals surface area contributed by atoms with Crippen molar-refractivity contribution >= 4 is 22.3 Å². The van der Waals surface area contributed by atoms with Crippen molar-refractivity contribution in [2.24, 2.45) is 11.5 Å². The minimum atomic E-state index is -4.88. The number of fused-ring (bicyclic) bond motifs is 2. The highest BCUT2D eigenvalue weighted by Gasteiger charge is 2.66. The molecule has 0 aromatic carbocycles. The number of quaternary nitrogens is 1. The summed E-state index contributed by atoms with van der Waals surface area (Å²) in [5.41, 5.74) is 11.3. The van der Waals surface area contributed by atoms with E-state index in [0.717, 1.165) is 6.42 Å². The van der Waals surface area contributed by atoms with E-state index >= 15 is 0 Å². The van der Waals surface area contributed by atoms with Crippen molar-refractivity contribution in [2.75, 3.05) is 6.54 Å². The molecular weight excluding hydrogens is 344 g/mol. The van der Waals surface area contributed by atoms with E-state index in [0.29, 0.717) is 24.3 Å². The molecule has 0 aromatic rings. The van der Waals surface area contributed by atoms with Gasteiger partial charge in [0.15, 0.2) is 0 Å². The van der Waals surface area contributed by atoms with E-state index in [-0.39, 0.29) is 25.1 Å². The lowest BCUT2D eigenvalue weighted by molar-refractivity contribution is -1.06. The molecule has 136 valence electrons. The van der Waals surface area contributed by atoms with Gasteiger partial charge in [-0.15, -0.1) is 9.35 Å². The van der Waals surface area contributed by atoms with Crippen LogP contribution in [0.3, 0.4) is 0 Å². The Morgan fingerprint density at radius 1 is 1.29 bits per heavy atom. The van der Waals surface area contributed by atoms with Gasteiger partial charge in [-0.25, -0.2) is 4.79 Å².